The Balaban J connectivity index is 2.26. The van der Waals surface area contributed by atoms with Crippen molar-refractivity contribution in [3.8, 4) is 0 Å². The molecule has 0 bridgehead atoms. The van der Waals surface area contributed by atoms with E-state index in [4.69, 9.17) is 4.74 Å². The molecule has 0 saturated carbocycles. The minimum absolute atomic E-state index is 0.313. The molecule has 0 unspecified atom stereocenters. The molecular weight excluding hydrogens is 388 g/mol. The molecule has 9 heteroatoms. The van der Waals surface area contributed by atoms with Crippen molar-refractivity contribution in [3.63, 3.8) is 0 Å². The van der Waals surface area contributed by atoms with Crippen molar-refractivity contribution in [3.05, 3.63) is 22.3 Å². The molecule has 0 N–H and O–H groups in total. The maximum atomic E-state index is 13.1. The van der Waals surface area contributed by atoms with Crippen LogP contribution in [0.4, 0.5) is 23.4 Å². The molecule has 0 spiro atoms. The van der Waals surface area contributed by atoms with Gasteiger partial charge in [-0.25, -0.2) is 4.79 Å². The molecular formula is C19H29BF3N2O2S-. The van der Waals surface area contributed by atoms with Gasteiger partial charge in [0.1, 0.15) is 5.60 Å². The van der Waals surface area contributed by atoms with Crippen LogP contribution < -0.4 is 4.90 Å². The van der Waals surface area contributed by atoms with Crippen molar-refractivity contribution in [1.29, 1.82) is 0 Å². The van der Waals surface area contributed by atoms with Gasteiger partial charge < -0.3 is 27.5 Å². The standard InChI is InChI=1S/C19H29BF3N2O2S/c1-12-15(11-20(21,22)23)13(2)17(28)14(3)16(12)24-7-9-25(10-8-24)18(26)27-19(4,5)6/h28H,7-11H2,1-6H3/q-1. The van der Waals surface area contributed by atoms with Crippen LogP contribution in [-0.2, 0) is 11.1 Å². The van der Waals surface area contributed by atoms with Gasteiger partial charge in [0, 0.05) is 36.8 Å². The first-order chi connectivity index (χ1) is 12.7. The lowest BCUT2D eigenvalue weighted by Gasteiger charge is -2.39. The molecule has 0 radical (unpaired) electrons. The Kier molecular flexibility index (Phi) is 6.58. The van der Waals surface area contributed by atoms with Gasteiger partial charge in [0.05, 0.1) is 0 Å². The molecule has 1 fully saturated rings. The molecule has 0 aliphatic carbocycles. The van der Waals surface area contributed by atoms with Crippen LogP contribution in [0.1, 0.15) is 43.0 Å². The van der Waals surface area contributed by atoms with Crippen LogP contribution >= 0.6 is 12.6 Å². The number of piperazine rings is 1. The van der Waals surface area contributed by atoms with Gasteiger partial charge in [-0.1, -0.05) is 11.9 Å². The molecule has 28 heavy (non-hydrogen) atoms. The zero-order valence-electron chi connectivity index (χ0n) is 17.4. The van der Waals surface area contributed by atoms with Crippen LogP contribution in [0.5, 0.6) is 0 Å². The molecule has 4 nitrogen and oxygen atoms in total. The third-order valence-electron chi connectivity index (χ3n) is 5.01. The SMILES string of the molecule is Cc1c(S)c(C)c(N2CCN(C(=O)OC(C)(C)C)CC2)c(C)c1C[B-](F)(F)F. The summed E-state index contributed by atoms with van der Waals surface area (Å²) < 4.78 is 44.9. The number of carbonyl (C=O) groups excluding carboxylic acids is 1. The number of amides is 1. The number of halogens is 3. The highest BCUT2D eigenvalue weighted by Crippen LogP contribution is 2.38. The number of hydrogen-bond donors (Lipinski definition) is 1. The molecule has 1 aliphatic heterocycles. The Morgan fingerprint density at radius 2 is 1.57 bits per heavy atom. The third kappa shape index (κ3) is 5.30. The zero-order valence-corrected chi connectivity index (χ0v) is 18.3. The molecule has 1 aromatic rings. The summed E-state index contributed by atoms with van der Waals surface area (Å²) in [6.45, 7) is 7.84. The number of hydrogen-bond acceptors (Lipinski definition) is 4. The first-order valence-electron chi connectivity index (χ1n) is 9.46. The fraction of sp³-hybridized carbons (Fsp3) is 0.632. The Hall–Kier alpha value is -1.51. The molecule has 1 saturated heterocycles. The number of benzene rings is 1. The van der Waals surface area contributed by atoms with Gasteiger partial charge in [0.15, 0.2) is 0 Å². The van der Waals surface area contributed by atoms with Crippen LogP contribution in [0.25, 0.3) is 0 Å². The van der Waals surface area contributed by atoms with Crippen molar-refractivity contribution in [1.82, 2.24) is 4.90 Å². The van der Waals surface area contributed by atoms with E-state index in [-0.39, 0.29) is 6.09 Å². The average molecular weight is 417 g/mol. The number of ether oxygens (including phenoxy) is 1. The Morgan fingerprint density at radius 3 is 2.04 bits per heavy atom. The van der Waals surface area contributed by atoms with E-state index < -0.39 is 18.9 Å². The van der Waals surface area contributed by atoms with Gasteiger partial charge in [-0.15, -0.1) is 12.6 Å². The summed E-state index contributed by atoms with van der Waals surface area (Å²) in [4.78, 5) is 16.5. The van der Waals surface area contributed by atoms with Crippen molar-refractivity contribution in [2.75, 3.05) is 31.1 Å². The second kappa shape index (κ2) is 8.09. The second-order valence-corrected chi connectivity index (χ2v) is 8.87. The van der Waals surface area contributed by atoms with Crippen LogP contribution in [0.15, 0.2) is 4.90 Å². The van der Waals surface area contributed by atoms with Crippen LogP contribution in [-0.4, -0.2) is 49.8 Å². The predicted octanol–water partition coefficient (Wildman–Crippen LogP) is 4.89. The first kappa shape index (κ1) is 22.8. The molecule has 1 heterocycles. The third-order valence-corrected chi connectivity index (χ3v) is 5.68. The first-order valence-corrected chi connectivity index (χ1v) is 9.91. The summed E-state index contributed by atoms with van der Waals surface area (Å²) in [5.41, 5.74) is 2.67. The maximum Gasteiger partial charge on any atom is 0.482 e. The van der Waals surface area contributed by atoms with E-state index in [0.29, 0.717) is 47.8 Å². The lowest BCUT2D eigenvalue weighted by Crippen LogP contribution is -2.50. The highest BCUT2D eigenvalue weighted by molar-refractivity contribution is 7.80. The average Bonchev–Trinajstić information content (AvgIpc) is 2.55. The van der Waals surface area contributed by atoms with E-state index in [1.807, 2.05) is 27.7 Å². The largest absolute Gasteiger partial charge is 0.482 e. The van der Waals surface area contributed by atoms with Gasteiger partial charge in [-0.05, 0) is 58.2 Å². The normalized spacial score (nSPS) is 15.8. The number of anilines is 1. The highest BCUT2D eigenvalue weighted by atomic mass is 32.1. The number of thiol groups is 1. The summed E-state index contributed by atoms with van der Waals surface area (Å²) >= 11 is 4.49. The lowest BCUT2D eigenvalue weighted by atomic mass is 9.77. The van der Waals surface area contributed by atoms with Gasteiger partial charge in [-0.2, -0.15) is 0 Å². The molecule has 0 atom stereocenters. The minimum Gasteiger partial charge on any atom is -0.449 e. The molecule has 1 aromatic carbocycles. The Labute approximate surface area is 170 Å². The molecule has 1 amide bonds. The highest BCUT2D eigenvalue weighted by Gasteiger charge is 2.30. The van der Waals surface area contributed by atoms with Crippen LogP contribution in [0.2, 0.25) is 0 Å². The summed E-state index contributed by atoms with van der Waals surface area (Å²) in [6.07, 6.45) is -1.27. The monoisotopic (exact) mass is 417 g/mol. The van der Waals surface area contributed by atoms with Gasteiger partial charge in [0.2, 0.25) is 0 Å². The van der Waals surface area contributed by atoms with Crippen molar-refractivity contribution >= 4 is 31.4 Å². The smallest absolute Gasteiger partial charge is 0.449 e. The molecule has 0 aromatic heterocycles. The van der Waals surface area contributed by atoms with Crippen molar-refractivity contribution in [2.24, 2.45) is 0 Å². The molecule has 1 aliphatic rings. The second-order valence-electron chi connectivity index (χ2n) is 8.42. The maximum absolute atomic E-state index is 13.1. The number of rotatable bonds is 3. The van der Waals surface area contributed by atoms with E-state index in [1.54, 1.807) is 18.7 Å². The Morgan fingerprint density at radius 1 is 1.04 bits per heavy atom. The predicted molar refractivity (Wildman–Crippen MR) is 111 cm³/mol. The Bertz CT molecular complexity index is 755. The van der Waals surface area contributed by atoms with E-state index in [0.717, 1.165) is 11.3 Å². The summed E-state index contributed by atoms with van der Waals surface area (Å²) in [7, 11) is 0. The topological polar surface area (TPSA) is 32.8 Å². The van der Waals surface area contributed by atoms with Crippen LogP contribution in [0, 0.1) is 20.8 Å². The van der Waals surface area contributed by atoms with Gasteiger partial charge in [0.25, 0.3) is 0 Å². The summed E-state index contributed by atoms with van der Waals surface area (Å²) in [5.74, 6) is 0. The zero-order chi connectivity index (χ0) is 21.4. The summed E-state index contributed by atoms with van der Waals surface area (Å²) in [6, 6.07) is 0. The quantitative estimate of drug-likeness (QED) is 0.562. The van der Waals surface area contributed by atoms with Gasteiger partial charge >= 0.3 is 13.1 Å². The van der Waals surface area contributed by atoms with E-state index in [1.165, 1.54) is 0 Å². The van der Waals surface area contributed by atoms with E-state index in [2.05, 4.69) is 17.5 Å². The minimum atomic E-state index is -4.94. The number of carbonyl (C=O) groups is 1. The fourth-order valence-electron chi connectivity index (χ4n) is 3.69. The number of nitrogens with zero attached hydrogens (tertiary/aromatic N) is 2. The van der Waals surface area contributed by atoms with Crippen LogP contribution in [0.3, 0.4) is 0 Å². The molecule has 158 valence electrons. The van der Waals surface area contributed by atoms with E-state index >= 15 is 0 Å². The molecule has 2 rings (SSSR count). The van der Waals surface area contributed by atoms with Crippen molar-refractivity contribution in [2.45, 2.75) is 58.4 Å². The van der Waals surface area contributed by atoms with Gasteiger partial charge in [-0.3, -0.25) is 0 Å². The lowest BCUT2D eigenvalue weighted by molar-refractivity contribution is 0.0240. The fourth-order valence-corrected chi connectivity index (χ4v) is 3.93. The van der Waals surface area contributed by atoms with E-state index in [9.17, 15) is 17.7 Å². The van der Waals surface area contributed by atoms with Crippen molar-refractivity contribution < 1.29 is 22.5 Å². The summed E-state index contributed by atoms with van der Waals surface area (Å²) in [5, 5.41) is 0.